The Morgan fingerprint density at radius 3 is 2.84 bits per heavy atom. The lowest BCUT2D eigenvalue weighted by Gasteiger charge is -2.45. The van der Waals surface area contributed by atoms with Gasteiger partial charge in [0.25, 0.3) is 0 Å². The fourth-order valence-electron chi connectivity index (χ4n) is 3.84. The third kappa shape index (κ3) is 4.53. The number of nitrogens with zero attached hydrogens (tertiary/aromatic N) is 3. The molecule has 2 saturated heterocycles. The zero-order chi connectivity index (χ0) is 17.9. The minimum atomic E-state index is 0.108. The fraction of sp³-hybridized carbons (Fsp3) is 0.789. The van der Waals surface area contributed by atoms with Crippen LogP contribution in [0.5, 0.6) is 0 Å². The van der Waals surface area contributed by atoms with E-state index in [1.165, 1.54) is 31.4 Å². The maximum absolute atomic E-state index is 5.79. The second kappa shape index (κ2) is 7.62. The third-order valence-corrected chi connectivity index (χ3v) is 6.14. The predicted molar refractivity (Wildman–Crippen MR) is 104 cm³/mol. The Balaban J connectivity index is 1.60. The fourth-order valence-corrected chi connectivity index (χ4v) is 4.80. The SMILES string of the molecule is CN=C(NCc1nc(C(C)(C)C)cs1)N1CCCC2(CCCOC2)C1. The van der Waals surface area contributed by atoms with Crippen molar-refractivity contribution in [1.82, 2.24) is 15.2 Å². The van der Waals surface area contributed by atoms with E-state index in [0.717, 1.165) is 43.8 Å². The molecule has 0 bridgehead atoms. The highest BCUT2D eigenvalue weighted by Crippen LogP contribution is 2.37. The van der Waals surface area contributed by atoms with Crippen LogP contribution in [0.2, 0.25) is 0 Å². The van der Waals surface area contributed by atoms with Gasteiger partial charge in [0.05, 0.1) is 18.8 Å². The molecule has 1 atom stereocenters. The average Bonchev–Trinajstić information content (AvgIpc) is 3.06. The number of hydrogen-bond donors (Lipinski definition) is 1. The molecular weight excluding hydrogens is 332 g/mol. The van der Waals surface area contributed by atoms with Gasteiger partial charge in [-0.05, 0) is 25.7 Å². The second-order valence-corrected chi connectivity index (χ2v) is 9.40. The molecule has 5 nitrogen and oxygen atoms in total. The number of guanidine groups is 1. The van der Waals surface area contributed by atoms with Crippen molar-refractivity contribution in [2.24, 2.45) is 10.4 Å². The van der Waals surface area contributed by atoms with Crippen LogP contribution in [-0.4, -0.2) is 49.2 Å². The molecule has 2 aliphatic rings. The highest BCUT2D eigenvalue weighted by molar-refractivity contribution is 7.09. The summed E-state index contributed by atoms with van der Waals surface area (Å²) in [6.45, 7) is 11.3. The van der Waals surface area contributed by atoms with Crippen molar-refractivity contribution in [1.29, 1.82) is 0 Å². The molecule has 2 fully saturated rings. The second-order valence-electron chi connectivity index (χ2n) is 8.46. The molecule has 1 aromatic rings. The van der Waals surface area contributed by atoms with Gasteiger partial charge in [-0.15, -0.1) is 11.3 Å². The van der Waals surface area contributed by atoms with Gasteiger partial charge in [0, 0.05) is 43.0 Å². The number of rotatable bonds is 2. The lowest BCUT2D eigenvalue weighted by Crippen LogP contribution is -2.52. The molecule has 0 aromatic carbocycles. The summed E-state index contributed by atoms with van der Waals surface area (Å²) < 4.78 is 5.79. The van der Waals surface area contributed by atoms with Crippen LogP contribution < -0.4 is 5.32 Å². The van der Waals surface area contributed by atoms with Gasteiger partial charge < -0.3 is 15.0 Å². The van der Waals surface area contributed by atoms with E-state index in [1.807, 2.05) is 7.05 Å². The summed E-state index contributed by atoms with van der Waals surface area (Å²) in [7, 11) is 1.88. The Morgan fingerprint density at radius 2 is 2.20 bits per heavy atom. The molecule has 0 radical (unpaired) electrons. The number of aromatic nitrogens is 1. The van der Waals surface area contributed by atoms with Crippen LogP contribution in [0.25, 0.3) is 0 Å². The van der Waals surface area contributed by atoms with Crippen molar-refractivity contribution in [3.63, 3.8) is 0 Å². The molecule has 1 aromatic heterocycles. The van der Waals surface area contributed by atoms with Gasteiger partial charge in [-0.25, -0.2) is 4.98 Å². The summed E-state index contributed by atoms with van der Waals surface area (Å²) in [6, 6.07) is 0. The Labute approximate surface area is 155 Å². The van der Waals surface area contributed by atoms with E-state index < -0.39 is 0 Å². The highest BCUT2D eigenvalue weighted by Gasteiger charge is 2.38. The smallest absolute Gasteiger partial charge is 0.194 e. The van der Waals surface area contributed by atoms with Gasteiger partial charge in [-0.1, -0.05) is 20.8 Å². The van der Waals surface area contributed by atoms with Crippen LogP contribution in [0, 0.1) is 5.41 Å². The topological polar surface area (TPSA) is 49.8 Å². The summed E-state index contributed by atoms with van der Waals surface area (Å²) >= 11 is 1.73. The predicted octanol–water partition coefficient (Wildman–Crippen LogP) is 3.41. The van der Waals surface area contributed by atoms with E-state index in [2.05, 4.69) is 41.4 Å². The Morgan fingerprint density at radius 1 is 1.40 bits per heavy atom. The number of aliphatic imine (C=N–C) groups is 1. The van der Waals surface area contributed by atoms with Crippen LogP contribution in [0.3, 0.4) is 0 Å². The number of likely N-dealkylation sites (tertiary alicyclic amines) is 1. The third-order valence-electron chi connectivity index (χ3n) is 5.29. The molecule has 0 aliphatic carbocycles. The van der Waals surface area contributed by atoms with Crippen molar-refractivity contribution in [3.05, 3.63) is 16.1 Å². The zero-order valence-corrected chi connectivity index (χ0v) is 16.9. The molecule has 0 saturated carbocycles. The summed E-state index contributed by atoms with van der Waals surface area (Å²) in [5.74, 6) is 0.997. The van der Waals surface area contributed by atoms with Crippen molar-refractivity contribution in [2.45, 2.75) is 58.4 Å². The zero-order valence-electron chi connectivity index (χ0n) is 16.1. The summed E-state index contributed by atoms with van der Waals surface area (Å²) in [5.41, 5.74) is 1.60. The first kappa shape index (κ1) is 18.6. The Bertz CT molecular complexity index is 593. The van der Waals surface area contributed by atoms with Crippen LogP contribution in [0.1, 0.15) is 57.2 Å². The van der Waals surface area contributed by atoms with Crippen molar-refractivity contribution in [3.8, 4) is 0 Å². The van der Waals surface area contributed by atoms with E-state index in [9.17, 15) is 0 Å². The molecular formula is C19H32N4OS. The summed E-state index contributed by atoms with van der Waals surface area (Å²) in [5, 5.41) is 6.82. The van der Waals surface area contributed by atoms with E-state index in [0.29, 0.717) is 5.41 Å². The molecule has 25 heavy (non-hydrogen) atoms. The Hall–Kier alpha value is -1.14. The number of piperidine rings is 1. The van der Waals surface area contributed by atoms with Crippen molar-refractivity contribution < 1.29 is 4.74 Å². The minimum Gasteiger partial charge on any atom is -0.381 e. The molecule has 1 unspecified atom stereocenters. The first-order valence-corrected chi connectivity index (χ1v) is 10.3. The molecule has 3 rings (SSSR count). The summed E-state index contributed by atoms with van der Waals surface area (Å²) in [4.78, 5) is 11.7. The monoisotopic (exact) mass is 364 g/mol. The lowest BCUT2D eigenvalue weighted by atomic mass is 9.76. The maximum atomic E-state index is 5.79. The number of thiazole rings is 1. The van der Waals surface area contributed by atoms with E-state index in [4.69, 9.17) is 9.72 Å². The Kier molecular flexibility index (Phi) is 5.68. The standard InChI is InChI=1S/C19H32N4OS/c1-18(2,3)15-12-25-16(22-15)11-21-17(20-4)23-9-5-7-19(13-23)8-6-10-24-14-19/h12H,5-11,13-14H2,1-4H3,(H,20,21). The van der Waals surface area contributed by atoms with Crippen LogP contribution in [0.4, 0.5) is 0 Å². The molecule has 6 heteroatoms. The molecule has 0 amide bonds. The minimum absolute atomic E-state index is 0.108. The van der Waals surface area contributed by atoms with Crippen molar-refractivity contribution >= 4 is 17.3 Å². The van der Waals surface area contributed by atoms with E-state index in [1.54, 1.807) is 11.3 Å². The van der Waals surface area contributed by atoms with Gasteiger partial charge >= 0.3 is 0 Å². The van der Waals surface area contributed by atoms with E-state index in [-0.39, 0.29) is 5.41 Å². The number of nitrogens with one attached hydrogen (secondary N) is 1. The first-order chi connectivity index (χ1) is 11.9. The lowest BCUT2D eigenvalue weighted by molar-refractivity contribution is -0.0370. The van der Waals surface area contributed by atoms with Crippen LogP contribution in [-0.2, 0) is 16.7 Å². The van der Waals surface area contributed by atoms with Gasteiger partial charge in [-0.2, -0.15) is 0 Å². The van der Waals surface area contributed by atoms with Crippen LogP contribution in [0.15, 0.2) is 10.4 Å². The van der Waals surface area contributed by atoms with Gasteiger partial charge in [0.2, 0.25) is 0 Å². The van der Waals surface area contributed by atoms with E-state index >= 15 is 0 Å². The highest BCUT2D eigenvalue weighted by atomic mass is 32.1. The first-order valence-electron chi connectivity index (χ1n) is 9.40. The molecule has 140 valence electrons. The average molecular weight is 365 g/mol. The normalized spacial score (nSPS) is 25.4. The van der Waals surface area contributed by atoms with Gasteiger partial charge in [0.15, 0.2) is 5.96 Å². The van der Waals surface area contributed by atoms with Crippen LogP contribution >= 0.6 is 11.3 Å². The number of ether oxygens (including phenoxy) is 1. The number of hydrogen-bond acceptors (Lipinski definition) is 4. The van der Waals surface area contributed by atoms with Gasteiger partial charge in [0.1, 0.15) is 5.01 Å². The van der Waals surface area contributed by atoms with Crippen molar-refractivity contribution in [2.75, 3.05) is 33.4 Å². The summed E-state index contributed by atoms with van der Waals surface area (Å²) in [6.07, 6.45) is 4.97. The molecule has 1 N–H and O–H groups in total. The molecule has 3 heterocycles. The quantitative estimate of drug-likeness (QED) is 0.645. The largest absolute Gasteiger partial charge is 0.381 e. The molecule has 1 spiro atoms. The molecule has 2 aliphatic heterocycles. The van der Waals surface area contributed by atoms with Gasteiger partial charge in [-0.3, -0.25) is 4.99 Å². The maximum Gasteiger partial charge on any atom is 0.194 e.